The first-order valence-corrected chi connectivity index (χ1v) is 2.56. The van der Waals surface area contributed by atoms with E-state index in [0.29, 0.717) is 5.92 Å². The first-order valence-electron chi connectivity index (χ1n) is 2.56. The molecule has 0 aromatic rings. The maximum absolute atomic E-state index is 10.5. The number of hydrogen-bond acceptors (Lipinski definition) is 1. The van der Waals surface area contributed by atoms with Gasteiger partial charge in [-0.1, -0.05) is 0 Å². The molecule has 0 atom stereocenters. The van der Waals surface area contributed by atoms with Gasteiger partial charge in [-0.25, -0.2) is 0 Å². The number of amides is 1. The van der Waals surface area contributed by atoms with Crippen molar-refractivity contribution in [1.82, 2.24) is 5.32 Å². The Morgan fingerprint density at radius 3 is 2.25 bits per heavy atom. The van der Waals surface area contributed by atoms with Gasteiger partial charge in [-0.15, -0.1) is 12.4 Å². The van der Waals surface area contributed by atoms with E-state index in [-0.39, 0.29) is 18.3 Å². The fourth-order valence-electron chi connectivity index (χ4n) is 0.550. The fraction of sp³-hybridized carbons (Fsp3) is 0.800. The zero-order valence-electron chi connectivity index (χ0n) is 4.81. The minimum atomic E-state index is 0. The number of nitrogens with one attached hydrogen (secondary N) is 1. The van der Waals surface area contributed by atoms with Gasteiger partial charge in [0.15, 0.2) is 0 Å². The number of carbonyl (C=O) groups excluding carboxylic acids is 1. The van der Waals surface area contributed by atoms with E-state index in [1.807, 2.05) is 0 Å². The third-order valence-electron chi connectivity index (χ3n) is 1.19. The van der Waals surface area contributed by atoms with Crippen LogP contribution in [0.3, 0.4) is 0 Å². The lowest BCUT2D eigenvalue weighted by atomic mass is 10.4. The molecule has 1 aliphatic rings. The van der Waals surface area contributed by atoms with Crippen molar-refractivity contribution in [3.8, 4) is 0 Å². The van der Waals surface area contributed by atoms with E-state index in [9.17, 15) is 4.79 Å². The quantitative estimate of drug-likeness (QED) is 0.560. The molecule has 0 aliphatic heterocycles. The van der Waals surface area contributed by atoms with Crippen molar-refractivity contribution in [3.63, 3.8) is 0 Å². The first-order chi connectivity index (χ1) is 3.34. The predicted molar refractivity (Wildman–Crippen MR) is 34.0 cm³/mol. The van der Waals surface area contributed by atoms with Gasteiger partial charge in [-0.05, 0) is 12.8 Å². The molecule has 1 aliphatic carbocycles. The summed E-state index contributed by atoms with van der Waals surface area (Å²) in [6.45, 7) is 0. The Morgan fingerprint density at radius 1 is 1.62 bits per heavy atom. The molecule has 1 amide bonds. The van der Waals surface area contributed by atoms with E-state index in [2.05, 4.69) is 5.32 Å². The number of rotatable bonds is 1. The zero-order valence-corrected chi connectivity index (χ0v) is 5.62. The molecule has 8 heavy (non-hydrogen) atoms. The van der Waals surface area contributed by atoms with Gasteiger partial charge in [0.25, 0.3) is 0 Å². The van der Waals surface area contributed by atoms with Crippen LogP contribution in [-0.4, -0.2) is 13.0 Å². The Balaban J connectivity index is 0.000000490. The third-order valence-corrected chi connectivity index (χ3v) is 1.19. The highest BCUT2D eigenvalue weighted by molar-refractivity contribution is 5.85. The summed E-state index contributed by atoms with van der Waals surface area (Å²) in [6.07, 6.45) is 2.19. The van der Waals surface area contributed by atoms with Gasteiger partial charge in [0.1, 0.15) is 0 Å². The van der Waals surface area contributed by atoms with Crippen LogP contribution >= 0.6 is 12.4 Å². The van der Waals surface area contributed by atoms with Crippen molar-refractivity contribution in [3.05, 3.63) is 0 Å². The molecule has 0 aromatic heterocycles. The van der Waals surface area contributed by atoms with Gasteiger partial charge in [-0.3, -0.25) is 4.79 Å². The SMILES string of the molecule is CNC(=O)C1CC1.Cl. The minimum Gasteiger partial charge on any atom is -0.359 e. The molecule has 3 heteroatoms. The monoisotopic (exact) mass is 135 g/mol. The van der Waals surface area contributed by atoms with Crippen molar-refractivity contribution in [2.24, 2.45) is 5.92 Å². The van der Waals surface area contributed by atoms with Crippen LogP contribution in [0.25, 0.3) is 0 Å². The lowest BCUT2D eigenvalue weighted by Crippen LogP contribution is -2.18. The highest BCUT2D eigenvalue weighted by Gasteiger charge is 2.28. The summed E-state index contributed by atoms with van der Waals surface area (Å²) >= 11 is 0. The standard InChI is InChI=1S/C5H9NO.ClH/c1-6-5(7)4-2-3-4;/h4H,2-3H2,1H3,(H,6,7);1H. The van der Waals surface area contributed by atoms with Crippen LogP contribution in [0.1, 0.15) is 12.8 Å². The lowest BCUT2D eigenvalue weighted by Gasteiger charge is -1.89. The Bertz CT molecular complexity index is 90.4. The van der Waals surface area contributed by atoms with Gasteiger partial charge >= 0.3 is 0 Å². The summed E-state index contributed by atoms with van der Waals surface area (Å²) in [7, 11) is 1.68. The molecule has 48 valence electrons. The molecular weight excluding hydrogens is 126 g/mol. The average molecular weight is 136 g/mol. The molecule has 1 fully saturated rings. The second-order valence-electron chi connectivity index (χ2n) is 1.89. The van der Waals surface area contributed by atoms with Gasteiger partial charge in [-0.2, -0.15) is 0 Å². The van der Waals surface area contributed by atoms with Crippen molar-refractivity contribution in [1.29, 1.82) is 0 Å². The van der Waals surface area contributed by atoms with Crippen LogP contribution in [0.5, 0.6) is 0 Å². The maximum Gasteiger partial charge on any atom is 0.222 e. The van der Waals surface area contributed by atoms with E-state index in [1.165, 1.54) is 0 Å². The van der Waals surface area contributed by atoms with Crippen LogP contribution in [-0.2, 0) is 4.79 Å². The Hall–Kier alpha value is -0.240. The largest absolute Gasteiger partial charge is 0.359 e. The second-order valence-corrected chi connectivity index (χ2v) is 1.89. The van der Waals surface area contributed by atoms with Gasteiger partial charge < -0.3 is 5.32 Å². The Labute approximate surface area is 55.1 Å². The highest BCUT2D eigenvalue weighted by Crippen LogP contribution is 2.28. The van der Waals surface area contributed by atoms with E-state index in [4.69, 9.17) is 0 Å². The number of halogens is 1. The molecule has 0 unspecified atom stereocenters. The van der Waals surface area contributed by atoms with Gasteiger partial charge in [0.05, 0.1) is 0 Å². The first kappa shape index (κ1) is 7.76. The zero-order chi connectivity index (χ0) is 5.28. The fourth-order valence-corrected chi connectivity index (χ4v) is 0.550. The summed E-state index contributed by atoms with van der Waals surface area (Å²) < 4.78 is 0. The predicted octanol–water partition coefficient (Wildman–Crippen LogP) is 0.564. The molecule has 0 spiro atoms. The second kappa shape index (κ2) is 2.92. The normalized spacial score (nSPS) is 16.6. The summed E-state index contributed by atoms with van der Waals surface area (Å²) in [4.78, 5) is 10.5. The molecule has 1 saturated carbocycles. The molecule has 0 radical (unpaired) electrons. The minimum absolute atomic E-state index is 0. The third kappa shape index (κ3) is 1.70. The van der Waals surface area contributed by atoms with Gasteiger partial charge in [0, 0.05) is 13.0 Å². The van der Waals surface area contributed by atoms with Crippen molar-refractivity contribution < 1.29 is 4.79 Å². The van der Waals surface area contributed by atoms with Crippen LogP contribution in [0.15, 0.2) is 0 Å². The summed E-state index contributed by atoms with van der Waals surface area (Å²) in [6, 6.07) is 0. The summed E-state index contributed by atoms with van der Waals surface area (Å²) in [5, 5.41) is 2.59. The maximum atomic E-state index is 10.5. The smallest absolute Gasteiger partial charge is 0.222 e. The number of hydrogen-bond donors (Lipinski definition) is 1. The lowest BCUT2D eigenvalue weighted by molar-refractivity contribution is -0.121. The van der Waals surface area contributed by atoms with Gasteiger partial charge in [0.2, 0.25) is 5.91 Å². The topological polar surface area (TPSA) is 29.1 Å². The highest BCUT2D eigenvalue weighted by atomic mass is 35.5. The molecule has 0 aromatic carbocycles. The van der Waals surface area contributed by atoms with Crippen molar-refractivity contribution >= 4 is 18.3 Å². The summed E-state index contributed by atoms with van der Waals surface area (Å²) in [5.74, 6) is 0.574. The molecular formula is C5H10ClNO. The average Bonchev–Trinajstić information content (AvgIpc) is 2.44. The van der Waals surface area contributed by atoms with Crippen LogP contribution in [0, 0.1) is 5.92 Å². The number of carbonyl (C=O) groups is 1. The van der Waals surface area contributed by atoms with Crippen LogP contribution < -0.4 is 5.32 Å². The molecule has 2 nitrogen and oxygen atoms in total. The molecule has 0 saturated heterocycles. The van der Waals surface area contributed by atoms with Crippen LogP contribution in [0.2, 0.25) is 0 Å². The Morgan fingerprint density at radius 2 is 2.12 bits per heavy atom. The molecule has 1 rings (SSSR count). The Kier molecular flexibility index (Phi) is 2.84. The molecule has 1 N–H and O–H groups in total. The van der Waals surface area contributed by atoms with Crippen LogP contribution in [0.4, 0.5) is 0 Å². The van der Waals surface area contributed by atoms with Crippen molar-refractivity contribution in [2.45, 2.75) is 12.8 Å². The van der Waals surface area contributed by atoms with Crippen molar-refractivity contribution in [2.75, 3.05) is 7.05 Å². The van der Waals surface area contributed by atoms with E-state index < -0.39 is 0 Å². The molecule has 0 bridgehead atoms. The molecule has 0 heterocycles. The van der Waals surface area contributed by atoms with E-state index in [0.717, 1.165) is 12.8 Å². The van der Waals surface area contributed by atoms with E-state index in [1.54, 1.807) is 7.05 Å². The summed E-state index contributed by atoms with van der Waals surface area (Å²) in [5.41, 5.74) is 0. The van der Waals surface area contributed by atoms with E-state index >= 15 is 0 Å².